The Bertz CT molecular complexity index is 1380. The van der Waals surface area contributed by atoms with E-state index in [1.165, 1.54) is 4.90 Å². The van der Waals surface area contributed by atoms with Crippen LogP contribution in [0.15, 0.2) is 71.8 Å². The predicted octanol–water partition coefficient (Wildman–Crippen LogP) is 4.66. The van der Waals surface area contributed by atoms with E-state index in [0.29, 0.717) is 34.0 Å². The Balaban J connectivity index is 1.54. The molecule has 4 rings (SSSR count). The number of carbonyl (C=O) groups is 2. The van der Waals surface area contributed by atoms with Gasteiger partial charge < -0.3 is 4.90 Å². The minimum atomic E-state index is -5.54. The second-order valence-electron chi connectivity index (χ2n) is 7.34. The SMILES string of the molecule is O=C1CN(Cc2ccnc(-c3ccccc3Cl)c2)C(=O)N1c1ccc(S(=O)(=O)C(F)(F)F)cc1. The summed E-state index contributed by atoms with van der Waals surface area (Å²) >= 11 is 6.22. The zero-order valence-corrected chi connectivity index (χ0v) is 18.7. The molecule has 3 aromatic rings. The highest BCUT2D eigenvalue weighted by molar-refractivity contribution is 7.92. The van der Waals surface area contributed by atoms with E-state index in [0.717, 1.165) is 17.0 Å². The van der Waals surface area contributed by atoms with Gasteiger partial charge in [0.25, 0.3) is 15.7 Å². The van der Waals surface area contributed by atoms with Gasteiger partial charge >= 0.3 is 11.5 Å². The van der Waals surface area contributed by atoms with Crippen molar-refractivity contribution in [1.82, 2.24) is 9.88 Å². The summed E-state index contributed by atoms with van der Waals surface area (Å²) in [5, 5.41) is 0.502. The van der Waals surface area contributed by atoms with Gasteiger partial charge in [0.15, 0.2) is 0 Å². The number of hydrogen-bond acceptors (Lipinski definition) is 5. The maximum absolute atomic E-state index is 12.9. The molecule has 0 saturated carbocycles. The van der Waals surface area contributed by atoms with Gasteiger partial charge in [-0.3, -0.25) is 9.78 Å². The fraction of sp³-hybridized carbons (Fsp3) is 0.136. The first-order chi connectivity index (χ1) is 16.0. The zero-order chi connectivity index (χ0) is 24.7. The van der Waals surface area contributed by atoms with Crippen LogP contribution in [-0.4, -0.2) is 42.3 Å². The standard InChI is InChI=1S/C22H15ClF3N3O4S/c23-18-4-2-1-3-17(18)19-11-14(9-10-27-19)12-28-13-20(30)29(21(28)31)15-5-7-16(8-6-15)34(32,33)22(24,25)26/h1-11H,12-13H2. The number of alkyl halides is 3. The van der Waals surface area contributed by atoms with E-state index in [-0.39, 0.29) is 18.8 Å². The summed E-state index contributed by atoms with van der Waals surface area (Å²) in [5.41, 5.74) is -3.53. The zero-order valence-electron chi connectivity index (χ0n) is 17.2. The molecule has 3 amide bonds. The lowest BCUT2D eigenvalue weighted by Gasteiger charge is -2.18. The molecule has 0 radical (unpaired) electrons. The molecular weight excluding hydrogens is 495 g/mol. The molecule has 34 heavy (non-hydrogen) atoms. The summed E-state index contributed by atoms with van der Waals surface area (Å²) in [5.74, 6) is -0.600. The highest BCUT2D eigenvalue weighted by Gasteiger charge is 2.47. The Morgan fingerprint density at radius 1 is 1.00 bits per heavy atom. The molecule has 1 saturated heterocycles. The van der Waals surface area contributed by atoms with Crippen LogP contribution in [0.5, 0.6) is 0 Å². The number of rotatable bonds is 5. The number of urea groups is 1. The van der Waals surface area contributed by atoms with Crippen molar-refractivity contribution in [2.45, 2.75) is 16.9 Å². The normalized spacial score (nSPS) is 14.7. The lowest BCUT2D eigenvalue weighted by Crippen LogP contribution is -2.32. The molecule has 176 valence electrons. The van der Waals surface area contributed by atoms with E-state index in [9.17, 15) is 31.2 Å². The molecule has 1 aromatic heterocycles. The molecule has 2 aromatic carbocycles. The fourth-order valence-corrected chi connectivity index (χ4v) is 4.44. The number of aromatic nitrogens is 1. The van der Waals surface area contributed by atoms with Gasteiger partial charge in [0.05, 0.1) is 16.3 Å². The molecule has 1 aliphatic heterocycles. The topological polar surface area (TPSA) is 87.7 Å². The molecule has 0 atom stereocenters. The van der Waals surface area contributed by atoms with Gasteiger partial charge in [0, 0.05) is 23.3 Å². The van der Waals surface area contributed by atoms with Crippen molar-refractivity contribution in [2.75, 3.05) is 11.4 Å². The van der Waals surface area contributed by atoms with Crippen molar-refractivity contribution in [3.63, 3.8) is 0 Å². The minimum Gasteiger partial charge on any atom is -0.310 e. The summed E-state index contributed by atoms with van der Waals surface area (Å²) in [6.45, 7) is -0.188. The van der Waals surface area contributed by atoms with Gasteiger partial charge in [-0.05, 0) is 48.0 Å². The van der Waals surface area contributed by atoms with Gasteiger partial charge in [0.2, 0.25) is 0 Å². The number of sulfone groups is 1. The molecule has 0 spiro atoms. The van der Waals surface area contributed by atoms with Crippen LogP contribution in [0.1, 0.15) is 5.56 Å². The predicted molar refractivity (Wildman–Crippen MR) is 118 cm³/mol. The van der Waals surface area contributed by atoms with Gasteiger partial charge in [-0.2, -0.15) is 13.2 Å². The fourth-order valence-electron chi connectivity index (χ4n) is 3.44. The monoisotopic (exact) mass is 509 g/mol. The summed E-state index contributed by atoms with van der Waals surface area (Å²) in [6.07, 6.45) is 1.55. The Kier molecular flexibility index (Phi) is 6.09. The molecule has 0 unspecified atom stereocenters. The molecule has 2 heterocycles. The molecule has 1 aliphatic rings. The number of nitrogens with zero attached hydrogens (tertiary/aromatic N) is 3. The van der Waals surface area contributed by atoms with E-state index in [1.807, 2.05) is 0 Å². The van der Waals surface area contributed by atoms with Crippen molar-refractivity contribution < 1.29 is 31.2 Å². The smallest absolute Gasteiger partial charge is 0.310 e. The number of amides is 3. The molecule has 1 fully saturated rings. The van der Waals surface area contributed by atoms with E-state index in [2.05, 4.69) is 4.98 Å². The molecule has 7 nitrogen and oxygen atoms in total. The molecular formula is C22H15ClF3N3O4S. The third-order valence-corrected chi connectivity index (χ3v) is 6.93. The second-order valence-corrected chi connectivity index (χ2v) is 9.69. The summed E-state index contributed by atoms with van der Waals surface area (Å²) < 4.78 is 61.3. The first-order valence-electron chi connectivity index (χ1n) is 9.72. The lowest BCUT2D eigenvalue weighted by atomic mass is 10.1. The number of imide groups is 1. The maximum Gasteiger partial charge on any atom is 0.501 e. The van der Waals surface area contributed by atoms with Gasteiger partial charge in [-0.25, -0.2) is 18.1 Å². The van der Waals surface area contributed by atoms with E-state index in [4.69, 9.17) is 11.6 Å². The van der Waals surface area contributed by atoms with Crippen LogP contribution in [0.4, 0.5) is 23.7 Å². The van der Waals surface area contributed by atoms with Crippen molar-refractivity contribution in [3.05, 3.63) is 77.4 Å². The largest absolute Gasteiger partial charge is 0.501 e. The highest BCUT2D eigenvalue weighted by atomic mass is 35.5. The Morgan fingerprint density at radius 3 is 2.32 bits per heavy atom. The number of halogens is 4. The van der Waals surface area contributed by atoms with Crippen molar-refractivity contribution in [1.29, 1.82) is 0 Å². The second kappa shape index (κ2) is 8.73. The van der Waals surface area contributed by atoms with Crippen molar-refractivity contribution >= 4 is 39.1 Å². The van der Waals surface area contributed by atoms with Gasteiger partial charge in [0.1, 0.15) is 6.54 Å². The van der Waals surface area contributed by atoms with E-state index < -0.39 is 32.2 Å². The number of anilines is 1. The lowest BCUT2D eigenvalue weighted by molar-refractivity contribution is -0.116. The number of benzene rings is 2. The summed E-state index contributed by atoms with van der Waals surface area (Å²) in [6, 6.07) is 13.2. The van der Waals surface area contributed by atoms with Crippen LogP contribution in [0, 0.1) is 0 Å². The van der Waals surface area contributed by atoms with Gasteiger partial charge in [-0.15, -0.1) is 0 Å². The van der Waals surface area contributed by atoms with Crippen molar-refractivity contribution in [2.24, 2.45) is 0 Å². The van der Waals surface area contributed by atoms with Crippen LogP contribution < -0.4 is 4.90 Å². The Morgan fingerprint density at radius 2 is 1.68 bits per heavy atom. The first-order valence-corrected chi connectivity index (χ1v) is 11.6. The van der Waals surface area contributed by atoms with E-state index >= 15 is 0 Å². The third kappa shape index (κ3) is 4.36. The number of pyridine rings is 1. The quantitative estimate of drug-likeness (QED) is 0.467. The first kappa shape index (κ1) is 23.7. The van der Waals surface area contributed by atoms with Crippen molar-refractivity contribution in [3.8, 4) is 11.3 Å². The third-order valence-electron chi connectivity index (χ3n) is 5.09. The summed E-state index contributed by atoms with van der Waals surface area (Å²) in [4.78, 5) is 30.7. The maximum atomic E-state index is 12.9. The molecule has 0 bridgehead atoms. The summed E-state index contributed by atoms with van der Waals surface area (Å²) in [7, 11) is -5.54. The Hall–Kier alpha value is -3.44. The average Bonchev–Trinajstić information content (AvgIpc) is 3.06. The molecule has 0 aliphatic carbocycles. The van der Waals surface area contributed by atoms with Crippen LogP contribution in [0.3, 0.4) is 0 Å². The molecule has 0 N–H and O–H groups in total. The number of hydrogen-bond donors (Lipinski definition) is 0. The number of carbonyl (C=O) groups excluding carboxylic acids is 2. The minimum absolute atomic E-state index is 0.0369. The highest BCUT2D eigenvalue weighted by Crippen LogP contribution is 2.32. The van der Waals surface area contributed by atoms with Gasteiger partial charge in [-0.1, -0.05) is 29.8 Å². The van der Waals surface area contributed by atoms with E-state index in [1.54, 1.807) is 42.6 Å². The van der Waals surface area contributed by atoms with Crippen LogP contribution >= 0.6 is 11.6 Å². The Labute approximate surface area is 197 Å². The van der Waals surface area contributed by atoms with Crippen LogP contribution in [0.25, 0.3) is 11.3 Å². The molecule has 12 heteroatoms. The van der Waals surface area contributed by atoms with Crippen LogP contribution in [0.2, 0.25) is 5.02 Å². The van der Waals surface area contributed by atoms with Crippen LogP contribution in [-0.2, 0) is 21.2 Å². The average molecular weight is 510 g/mol.